The molecule has 1 amide bonds. The third-order valence-corrected chi connectivity index (χ3v) is 2.40. The second-order valence-electron chi connectivity index (χ2n) is 3.52. The van der Waals surface area contributed by atoms with Crippen molar-refractivity contribution in [1.82, 2.24) is 4.90 Å². The van der Waals surface area contributed by atoms with Gasteiger partial charge in [-0.05, 0) is 18.2 Å². The van der Waals surface area contributed by atoms with Crippen LogP contribution in [0.4, 0.5) is 0 Å². The van der Waals surface area contributed by atoms with Gasteiger partial charge in [-0.2, -0.15) is 0 Å². The highest BCUT2D eigenvalue weighted by Gasteiger charge is 2.17. The summed E-state index contributed by atoms with van der Waals surface area (Å²) in [6.07, 6.45) is 0. The van der Waals surface area contributed by atoms with E-state index >= 15 is 0 Å². The molecule has 1 aromatic carbocycles. The van der Waals surface area contributed by atoms with Crippen LogP contribution in [0.5, 0.6) is 11.5 Å². The molecule has 2 rings (SSSR count). The normalized spacial score (nSPS) is 12.6. The van der Waals surface area contributed by atoms with E-state index in [1.165, 1.54) is 4.90 Å². The molecule has 0 bridgehead atoms. The van der Waals surface area contributed by atoms with Crippen molar-refractivity contribution in [2.24, 2.45) is 0 Å². The standard InChI is InChI=1S/C11H13NO4/c1-12(4-5-13)11(14)8-2-3-9-10(6-8)16-7-15-9/h2-3,6,13H,4-5,7H2,1H3. The highest BCUT2D eigenvalue weighted by Crippen LogP contribution is 2.32. The smallest absolute Gasteiger partial charge is 0.253 e. The van der Waals surface area contributed by atoms with Crippen molar-refractivity contribution in [3.05, 3.63) is 23.8 Å². The van der Waals surface area contributed by atoms with Crippen LogP contribution < -0.4 is 9.47 Å². The zero-order chi connectivity index (χ0) is 11.5. The number of hydrogen-bond donors (Lipinski definition) is 1. The molecule has 5 heteroatoms. The fourth-order valence-electron chi connectivity index (χ4n) is 1.50. The Morgan fingerprint density at radius 2 is 2.19 bits per heavy atom. The summed E-state index contributed by atoms with van der Waals surface area (Å²) in [5.74, 6) is 1.09. The maximum Gasteiger partial charge on any atom is 0.253 e. The summed E-state index contributed by atoms with van der Waals surface area (Å²) in [6, 6.07) is 5.05. The van der Waals surface area contributed by atoms with E-state index in [9.17, 15) is 4.79 Å². The Hall–Kier alpha value is -1.75. The lowest BCUT2D eigenvalue weighted by Gasteiger charge is -2.15. The summed E-state index contributed by atoms with van der Waals surface area (Å²) in [5.41, 5.74) is 0.528. The Morgan fingerprint density at radius 3 is 2.94 bits per heavy atom. The summed E-state index contributed by atoms with van der Waals surface area (Å²) in [4.78, 5) is 13.3. The lowest BCUT2D eigenvalue weighted by atomic mass is 10.2. The Balaban J connectivity index is 2.18. The third-order valence-electron chi connectivity index (χ3n) is 2.40. The molecule has 0 atom stereocenters. The second-order valence-corrected chi connectivity index (χ2v) is 3.52. The molecular formula is C11H13NO4. The molecule has 86 valence electrons. The molecule has 0 saturated heterocycles. The van der Waals surface area contributed by atoms with Crippen LogP contribution in [0.25, 0.3) is 0 Å². The van der Waals surface area contributed by atoms with E-state index in [1.807, 2.05) is 0 Å². The number of carbonyl (C=O) groups is 1. The topological polar surface area (TPSA) is 59.0 Å². The number of carbonyl (C=O) groups excluding carboxylic acids is 1. The van der Waals surface area contributed by atoms with Crippen molar-refractivity contribution < 1.29 is 19.4 Å². The molecule has 16 heavy (non-hydrogen) atoms. The number of aliphatic hydroxyl groups excluding tert-OH is 1. The highest BCUT2D eigenvalue weighted by molar-refractivity contribution is 5.94. The first-order valence-electron chi connectivity index (χ1n) is 4.98. The number of fused-ring (bicyclic) bond motifs is 1. The van der Waals surface area contributed by atoms with E-state index in [2.05, 4.69) is 0 Å². The molecule has 1 aliphatic heterocycles. The first kappa shape index (κ1) is 10.8. The van der Waals surface area contributed by atoms with Crippen LogP contribution in [0, 0.1) is 0 Å². The van der Waals surface area contributed by atoms with Gasteiger partial charge in [-0.1, -0.05) is 0 Å². The Kier molecular flexibility index (Phi) is 2.96. The van der Waals surface area contributed by atoms with Gasteiger partial charge in [0.25, 0.3) is 5.91 Å². The molecule has 0 aliphatic carbocycles. The molecule has 0 spiro atoms. The monoisotopic (exact) mass is 223 g/mol. The van der Waals surface area contributed by atoms with E-state index in [1.54, 1.807) is 25.2 Å². The number of hydrogen-bond acceptors (Lipinski definition) is 4. The molecule has 0 aromatic heterocycles. The van der Waals surface area contributed by atoms with Crippen molar-refractivity contribution >= 4 is 5.91 Å². The molecule has 0 fully saturated rings. The number of nitrogens with zero attached hydrogens (tertiary/aromatic N) is 1. The summed E-state index contributed by atoms with van der Waals surface area (Å²) in [6.45, 7) is 0.458. The van der Waals surface area contributed by atoms with Crippen molar-refractivity contribution in [1.29, 1.82) is 0 Å². The Bertz CT molecular complexity index is 405. The number of ether oxygens (including phenoxy) is 2. The van der Waals surface area contributed by atoms with Crippen LogP contribution in [0.15, 0.2) is 18.2 Å². The molecule has 1 heterocycles. The number of amides is 1. The van der Waals surface area contributed by atoms with E-state index in [-0.39, 0.29) is 19.3 Å². The third kappa shape index (κ3) is 1.94. The van der Waals surface area contributed by atoms with Gasteiger partial charge < -0.3 is 19.5 Å². The lowest BCUT2D eigenvalue weighted by Crippen LogP contribution is -2.29. The zero-order valence-electron chi connectivity index (χ0n) is 8.97. The van der Waals surface area contributed by atoms with E-state index in [0.29, 0.717) is 23.6 Å². The van der Waals surface area contributed by atoms with Gasteiger partial charge in [0.05, 0.1) is 6.61 Å². The van der Waals surface area contributed by atoms with Gasteiger partial charge >= 0.3 is 0 Å². The summed E-state index contributed by atoms with van der Waals surface area (Å²) in [7, 11) is 1.64. The maximum absolute atomic E-state index is 11.9. The van der Waals surface area contributed by atoms with Crippen molar-refractivity contribution in [3.8, 4) is 11.5 Å². The van der Waals surface area contributed by atoms with E-state index < -0.39 is 0 Å². The molecule has 0 radical (unpaired) electrons. The van der Waals surface area contributed by atoms with Crippen molar-refractivity contribution in [2.45, 2.75) is 0 Å². The van der Waals surface area contributed by atoms with Gasteiger partial charge in [0.2, 0.25) is 6.79 Å². The SMILES string of the molecule is CN(CCO)C(=O)c1ccc2c(c1)OCO2. The Morgan fingerprint density at radius 1 is 1.44 bits per heavy atom. The van der Waals surface area contributed by atoms with Crippen LogP contribution in [0.2, 0.25) is 0 Å². The van der Waals surface area contributed by atoms with Crippen LogP contribution in [-0.4, -0.2) is 42.9 Å². The van der Waals surface area contributed by atoms with Crippen LogP contribution >= 0.6 is 0 Å². The fourth-order valence-corrected chi connectivity index (χ4v) is 1.50. The second kappa shape index (κ2) is 4.40. The van der Waals surface area contributed by atoms with Gasteiger partial charge in [0.1, 0.15) is 0 Å². The van der Waals surface area contributed by atoms with Crippen LogP contribution in [0.1, 0.15) is 10.4 Å². The Labute approximate surface area is 93.2 Å². The highest BCUT2D eigenvalue weighted by atomic mass is 16.7. The quantitative estimate of drug-likeness (QED) is 0.809. The van der Waals surface area contributed by atoms with Gasteiger partial charge in [-0.15, -0.1) is 0 Å². The van der Waals surface area contributed by atoms with Crippen molar-refractivity contribution in [3.63, 3.8) is 0 Å². The van der Waals surface area contributed by atoms with E-state index in [4.69, 9.17) is 14.6 Å². The molecule has 0 saturated carbocycles. The van der Waals surface area contributed by atoms with Gasteiger partial charge in [-0.25, -0.2) is 0 Å². The maximum atomic E-state index is 11.9. The molecular weight excluding hydrogens is 210 g/mol. The van der Waals surface area contributed by atoms with Crippen LogP contribution in [0.3, 0.4) is 0 Å². The van der Waals surface area contributed by atoms with Crippen molar-refractivity contribution in [2.75, 3.05) is 27.0 Å². The largest absolute Gasteiger partial charge is 0.454 e. The number of rotatable bonds is 3. The summed E-state index contributed by atoms with van der Waals surface area (Å²) >= 11 is 0. The molecule has 1 N–H and O–H groups in total. The van der Waals surface area contributed by atoms with Gasteiger partial charge in [0.15, 0.2) is 11.5 Å². The number of benzene rings is 1. The minimum Gasteiger partial charge on any atom is -0.454 e. The molecule has 1 aromatic rings. The summed E-state index contributed by atoms with van der Waals surface area (Å²) in [5, 5.41) is 8.75. The number of likely N-dealkylation sites (N-methyl/N-ethyl adjacent to an activating group) is 1. The lowest BCUT2D eigenvalue weighted by molar-refractivity contribution is 0.0766. The minimum atomic E-state index is -0.146. The van der Waals surface area contributed by atoms with Crippen LogP contribution in [-0.2, 0) is 0 Å². The summed E-state index contributed by atoms with van der Waals surface area (Å²) < 4.78 is 10.3. The average Bonchev–Trinajstić information content (AvgIpc) is 2.75. The molecule has 1 aliphatic rings. The molecule has 0 unspecified atom stereocenters. The zero-order valence-corrected chi connectivity index (χ0v) is 8.97. The van der Waals surface area contributed by atoms with Gasteiger partial charge in [-0.3, -0.25) is 4.79 Å². The predicted octanol–water partition coefficient (Wildman–Crippen LogP) is 0.480. The van der Waals surface area contributed by atoms with E-state index in [0.717, 1.165) is 0 Å². The first-order chi connectivity index (χ1) is 7.72. The minimum absolute atomic E-state index is 0.0488. The first-order valence-corrected chi connectivity index (χ1v) is 4.98. The molecule has 5 nitrogen and oxygen atoms in total. The fraction of sp³-hybridized carbons (Fsp3) is 0.364. The predicted molar refractivity (Wildman–Crippen MR) is 56.6 cm³/mol. The van der Waals surface area contributed by atoms with Gasteiger partial charge in [0, 0.05) is 19.2 Å². The number of aliphatic hydroxyl groups is 1. The average molecular weight is 223 g/mol.